The molecular weight excluding hydrogens is 288 g/mol. The van der Waals surface area contributed by atoms with Gasteiger partial charge in [0.25, 0.3) is 6.47 Å². The molecule has 5 nitrogen and oxygen atoms in total. The summed E-state index contributed by atoms with van der Waals surface area (Å²) in [5, 5.41) is 6.63. The minimum atomic E-state index is 0.0285. The lowest BCUT2D eigenvalue weighted by Gasteiger charge is -2.16. The monoisotopic (exact) mass is 318 g/mol. The number of hydrogen-bond donors (Lipinski definition) is 2. The third-order valence-corrected chi connectivity index (χ3v) is 4.77. The number of amides is 2. The summed E-state index contributed by atoms with van der Waals surface area (Å²) in [5.74, 6) is 1.08. The number of hydrogen-bond acceptors (Lipinski definition) is 4. The molecule has 2 saturated heterocycles. The third-order valence-electron chi connectivity index (χ3n) is 3.27. The molecule has 124 valence electrons. The summed E-state index contributed by atoms with van der Waals surface area (Å²) in [6.07, 6.45) is 5.14. The Bertz CT molecular complexity index is 290. The van der Waals surface area contributed by atoms with Crippen LogP contribution >= 0.6 is 11.8 Å². The Morgan fingerprint density at radius 2 is 2.00 bits per heavy atom. The third kappa shape index (κ3) is 7.60. The normalized spacial score (nSPS) is 25.3. The zero-order chi connectivity index (χ0) is 16.1. The van der Waals surface area contributed by atoms with Crippen molar-refractivity contribution in [3.8, 4) is 0 Å². The van der Waals surface area contributed by atoms with Gasteiger partial charge in [0.2, 0.25) is 0 Å². The van der Waals surface area contributed by atoms with E-state index in [-0.39, 0.29) is 6.03 Å². The summed E-state index contributed by atoms with van der Waals surface area (Å²) >= 11 is 2.01. The Balaban J connectivity index is 0.000000489. The van der Waals surface area contributed by atoms with Gasteiger partial charge in [-0.15, -0.1) is 0 Å². The molecular formula is C15H30N2O3S. The molecule has 21 heavy (non-hydrogen) atoms. The maximum atomic E-state index is 11.1. The molecule has 0 aromatic rings. The molecule has 3 atom stereocenters. The minimum absolute atomic E-state index is 0.0285. The Morgan fingerprint density at radius 3 is 2.52 bits per heavy atom. The highest BCUT2D eigenvalue weighted by molar-refractivity contribution is 8.00. The van der Waals surface area contributed by atoms with E-state index in [9.17, 15) is 9.59 Å². The number of unbranched alkanes of at least 4 members (excludes halogenated alkanes) is 2. The van der Waals surface area contributed by atoms with E-state index in [1.54, 1.807) is 6.92 Å². The summed E-state index contributed by atoms with van der Waals surface area (Å²) in [4.78, 5) is 20.3. The van der Waals surface area contributed by atoms with Gasteiger partial charge >= 0.3 is 6.03 Å². The molecule has 0 aromatic heterocycles. The van der Waals surface area contributed by atoms with E-state index in [2.05, 4.69) is 22.3 Å². The first-order chi connectivity index (χ1) is 10.2. The largest absolute Gasteiger partial charge is 0.468 e. The zero-order valence-corrected chi connectivity index (χ0v) is 14.5. The molecule has 0 aromatic carbocycles. The van der Waals surface area contributed by atoms with Crippen LogP contribution in [-0.4, -0.2) is 42.2 Å². The molecule has 0 spiro atoms. The van der Waals surface area contributed by atoms with Gasteiger partial charge in [0.15, 0.2) is 0 Å². The van der Waals surface area contributed by atoms with Crippen molar-refractivity contribution in [2.75, 3.05) is 12.4 Å². The number of nitrogens with one attached hydrogen (secondary N) is 2. The quantitative estimate of drug-likeness (QED) is 0.449. The summed E-state index contributed by atoms with van der Waals surface area (Å²) in [7, 11) is 0. The molecule has 2 rings (SSSR count). The molecule has 2 aliphatic rings. The van der Waals surface area contributed by atoms with Crippen LogP contribution in [0.1, 0.15) is 53.4 Å². The Kier molecular flexibility index (Phi) is 12.2. The molecule has 2 heterocycles. The molecule has 2 N–H and O–H groups in total. The molecule has 2 fully saturated rings. The molecule has 2 amide bonds. The maximum Gasteiger partial charge on any atom is 0.315 e. The highest BCUT2D eigenvalue weighted by Crippen LogP contribution is 2.33. The number of urea groups is 1. The van der Waals surface area contributed by atoms with Gasteiger partial charge in [0.05, 0.1) is 18.7 Å². The second-order valence-electron chi connectivity index (χ2n) is 4.67. The Morgan fingerprint density at radius 1 is 1.29 bits per heavy atom. The molecule has 2 aliphatic heterocycles. The van der Waals surface area contributed by atoms with Crippen molar-refractivity contribution in [3.05, 3.63) is 0 Å². The predicted molar refractivity (Wildman–Crippen MR) is 88.7 cm³/mol. The SMILES string of the molecule is CC.CCCCCC1SCC2NC(=O)NC21.CCOC=O. The number of ether oxygens (including phenoxy) is 1. The van der Waals surface area contributed by atoms with Gasteiger partial charge in [0.1, 0.15) is 0 Å². The van der Waals surface area contributed by atoms with Gasteiger partial charge in [0, 0.05) is 11.0 Å². The molecule has 6 heteroatoms. The van der Waals surface area contributed by atoms with E-state index in [1.165, 1.54) is 25.7 Å². The van der Waals surface area contributed by atoms with Crippen LogP contribution < -0.4 is 10.6 Å². The standard InChI is InChI=1S/C10H18N2OS.C3H6O2.C2H6/c1-2-3-4-5-8-9-7(6-14-8)11-10(13)12-9;1-2-5-3-4;1-2/h7-9H,2-6H2,1H3,(H2,11,12,13);3H,2H2,1H3;1-2H3. The molecule has 0 saturated carbocycles. The average Bonchev–Trinajstić information content (AvgIpc) is 3.03. The second-order valence-corrected chi connectivity index (χ2v) is 5.94. The summed E-state index contributed by atoms with van der Waals surface area (Å²) in [5.41, 5.74) is 0. The number of carbonyl (C=O) groups is 2. The second kappa shape index (κ2) is 12.8. The number of fused-ring (bicyclic) bond motifs is 1. The lowest BCUT2D eigenvalue weighted by molar-refractivity contribution is -0.128. The predicted octanol–water partition coefficient (Wildman–Crippen LogP) is 2.94. The summed E-state index contributed by atoms with van der Waals surface area (Å²) in [6.45, 7) is 8.89. The van der Waals surface area contributed by atoms with Gasteiger partial charge in [-0.2, -0.15) is 11.8 Å². The highest BCUT2D eigenvalue weighted by atomic mass is 32.2. The first-order valence-corrected chi connectivity index (χ1v) is 9.01. The number of thioether (sulfide) groups is 1. The van der Waals surface area contributed by atoms with Crippen LogP contribution in [-0.2, 0) is 9.53 Å². The average molecular weight is 318 g/mol. The topological polar surface area (TPSA) is 67.4 Å². The molecule has 0 aliphatic carbocycles. The van der Waals surface area contributed by atoms with Gasteiger partial charge in [-0.3, -0.25) is 4.79 Å². The first kappa shape index (κ1) is 20.1. The maximum absolute atomic E-state index is 11.1. The van der Waals surface area contributed by atoms with E-state index in [4.69, 9.17) is 0 Å². The fraction of sp³-hybridized carbons (Fsp3) is 0.867. The van der Waals surface area contributed by atoms with Crippen molar-refractivity contribution in [1.82, 2.24) is 10.6 Å². The van der Waals surface area contributed by atoms with Crippen molar-refractivity contribution in [1.29, 1.82) is 0 Å². The van der Waals surface area contributed by atoms with Crippen LogP contribution in [0.5, 0.6) is 0 Å². The van der Waals surface area contributed by atoms with Crippen molar-refractivity contribution in [3.63, 3.8) is 0 Å². The lowest BCUT2D eigenvalue weighted by atomic mass is 10.0. The van der Waals surface area contributed by atoms with Crippen molar-refractivity contribution >= 4 is 24.3 Å². The summed E-state index contributed by atoms with van der Waals surface area (Å²) in [6, 6.07) is 0.810. The summed E-state index contributed by atoms with van der Waals surface area (Å²) < 4.78 is 4.15. The van der Waals surface area contributed by atoms with E-state index in [0.29, 0.717) is 30.4 Å². The van der Waals surface area contributed by atoms with Crippen LogP contribution in [0.3, 0.4) is 0 Å². The number of rotatable bonds is 6. The van der Waals surface area contributed by atoms with E-state index in [0.717, 1.165) is 5.75 Å². The van der Waals surface area contributed by atoms with E-state index < -0.39 is 0 Å². The minimum Gasteiger partial charge on any atom is -0.468 e. The van der Waals surface area contributed by atoms with Gasteiger partial charge in [-0.25, -0.2) is 4.79 Å². The fourth-order valence-electron chi connectivity index (χ4n) is 2.31. The van der Waals surface area contributed by atoms with Crippen LogP contribution in [0.25, 0.3) is 0 Å². The highest BCUT2D eigenvalue weighted by Gasteiger charge is 2.42. The van der Waals surface area contributed by atoms with Gasteiger partial charge in [-0.1, -0.05) is 40.0 Å². The Hall–Kier alpha value is -0.910. The van der Waals surface area contributed by atoms with Crippen LogP contribution in [0.2, 0.25) is 0 Å². The zero-order valence-electron chi connectivity index (χ0n) is 13.7. The van der Waals surface area contributed by atoms with E-state index >= 15 is 0 Å². The number of carbonyl (C=O) groups excluding carboxylic acids is 2. The molecule has 3 unspecified atom stereocenters. The van der Waals surface area contributed by atoms with Crippen molar-refractivity contribution in [2.45, 2.75) is 70.7 Å². The van der Waals surface area contributed by atoms with Crippen LogP contribution in [0.15, 0.2) is 0 Å². The van der Waals surface area contributed by atoms with Gasteiger partial charge < -0.3 is 15.4 Å². The van der Waals surface area contributed by atoms with E-state index in [1.807, 2.05) is 25.6 Å². The first-order valence-electron chi connectivity index (χ1n) is 7.96. The van der Waals surface area contributed by atoms with Crippen LogP contribution in [0, 0.1) is 0 Å². The van der Waals surface area contributed by atoms with Crippen molar-refractivity contribution in [2.24, 2.45) is 0 Å². The van der Waals surface area contributed by atoms with Crippen molar-refractivity contribution < 1.29 is 14.3 Å². The van der Waals surface area contributed by atoms with Crippen LogP contribution in [0.4, 0.5) is 4.79 Å². The fourth-order valence-corrected chi connectivity index (χ4v) is 3.85. The molecule has 0 bridgehead atoms. The lowest BCUT2D eigenvalue weighted by Crippen LogP contribution is -2.36. The molecule has 0 radical (unpaired) electrons. The van der Waals surface area contributed by atoms with Gasteiger partial charge in [-0.05, 0) is 13.3 Å². The Labute approximate surface area is 133 Å². The smallest absolute Gasteiger partial charge is 0.315 e.